The fourth-order valence-corrected chi connectivity index (χ4v) is 17.2. The molecule has 0 aliphatic heterocycles. The number of nitrogens with zero attached hydrogens (tertiary/aromatic N) is 4. The summed E-state index contributed by atoms with van der Waals surface area (Å²) < 4.78 is 19.4. The molecule has 0 atom stereocenters. The summed E-state index contributed by atoms with van der Waals surface area (Å²) in [4.78, 5) is 4.74. The Bertz CT molecular complexity index is 6510. The van der Waals surface area contributed by atoms with Crippen LogP contribution in [0.5, 0.6) is 0 Å². The van der Waals surface area contributed by atoms with Crippen LogP contribution < -0.4 is 9.80 Å². The second-order valence-corrected chi connectivity index (χ2v) is 27.2. The molecule has 0 aliphatic rings. The van der Waals surface area contributed by atoms with E-state index in [1.807, 2.05) is 0 Å². The molecule has 0 saturated carbocycles. The van der Waals surface area contributed by atoms with Gasteiger partial charge in [-0.05, 0) is 156 Å². The summed E-state index contributed by atoms with van der Waals surface area (Å²) in [5.41, 5.74) is 31.1. The molecule has 0 fully saturated rings. The quantitative estimate of drug-likeness (QED) is 0.137. The van der Waals surface area contributed by atoms with Crippen LogP contribution in [0.1, 0.15) is 22.3 Å². The van der Waals surface area contributed by atoms with E-state index in [-0.39, 0.29) is 0 Å². The second kappa shape index (κ2) is 21.3. The molecule has 0 N–H and O–H groups in total. The summed E-state index contributed by atoms with van der Waals surface area (Å²) in [5, 5.41) is 14.4. The number of aryl methyl sites for hydroxylation is 4. The smallest absolute Gasteiger partial charge is 0.159 e. The van der Waals surface area contributed by atoms with Gasteiger partial charge in [-0.1, -0.05) is 231 Å². The zero-order valence-corrected chi connectivity index (χ0v) is 55.5. The largest absolute Gasteiger partial charge is 0.453 e. The first-order chi connectivity index (χ1) is 49.3. The molecule has 21 aromatic rings. The second-order valence-electron chi connectivity index (χ2n) is 27.2. The highest BCUT2D eigenvalue weighted by Crippen LogP contribution is 2.52. The molecule has 0 unspecified atom stereocenters. The van der Waals surface area contributed by atoms with Gasteiger partial charge in [-0.15, -0.1) is 0 Å². The molecule has 0 spiro atoms. The van der Waals surface area contributed by atoms with E-state index in [1.165, 1.54) is 110 Å². The summed E-state index contributed by atoms with van der Waals surface area (Å²) in [5.74, 6) is 0. The highest BCUT2D eigenvalue weighted by Gasteiger charge is 2.29. The first-order valence-corrected chi connectivity index (χ1v) is 34.6. The molecule has 100 heavy (non-hydrogen) atoms. The van der Waals surface area contributed by atoms with E-state index in [4.69, 9.17) is 8.83 Å². The lowest BCUT2D eigenvalue weighted by atomic mass is 9.97. The SMILES string of the molecule is Cc1ccccc1-c1cccc2c1oc1c(N(c3ccccc3)c3ccc(-c4cccc5c4c4cccc6c7cc8c(cc7n5c64)c4cccc5c6c(-c7ccc(N(c9ccccc9)c9c(C)ccc%10c9oc9c(-c%11ccccc%11C)cccc9%10)cc7)cccc6n8c45)cc3)c(C)ccc12. The highest BCUT2D eigenvalue weighted by atomic mass is 16.3. The number of furan rings is 2. The summed E-state index contributed by atoms with van der Waals surface area (Å²) in [6, 6.07) is 111. The Kier molecular flexibility index (Phi) is 12.0. The van der Waals surface area contributed by atoms with Gasteiger partial charge in [0.05, 0.1) is 44.5 Å². The van der Waals surface area contributed by atoms with Crippen molar-refractivity contribution in [2.24, 2.45) is 0 Å². The monoisotopic (exact) mass is 1280 g/mol. The van der Waals surface area contributed by atoms with Crippen LogP contribution in [0.15, 0.2) is 312 Å². The van der Waals surface area contributed by atoms with Gasteiger partial charge in [-0.3, -0.25) is 0 Å². The van der Waals surface area contributed by atoms with Crippen molar-refractivity contribution in [1.82, 2.24) is 8.80 Å². The Balaban J connectivity index is 0.671. The third kappa shape index (κ3) is 7.95. The Morgan fingerprint density at radius 2 is 0.570 bits per heavy atom. The van der Waals surface area contributed by atoms with E-state index in [1.54, 1.807) is 0 Å². The van der Waals surface area contributed by atoms with Gasteiger partial charge >= 0.3 is 0 Å². The highest BCUT2D eigenvalue weighted by molar-refractivity contribution is 6.31. The normalized spacial score (nSPS) is 12.2. The summed E-state index contributed by atoms with van der Waals surface area (Å²) in [6.45, 7) is 8.73. The van der Waals surface area contributed by atoms with E-state index in [9.17, 15) is 0 Å². The van der Waals surface area contributed by atoms with Gasteiger partial charge < -0.3 is 27.4 Å². The van der Waals surface area contributed by atoms with Gasteiger partial charge in [0.2, 0.25) is 0 Å². The van der Waals surface area contributed by atoms with Crippen molar-refractivity contribution in [2.45, 2.75) is 27.7 Å². The number of para-hydroxylation sites is 6. The minimum absolute atomic E-state index is 0.869. The lowest BCUT2D eigenvalue weighted by Crippen LogP contribution is -2.11. The third-order valence-electron chi connectivity index (χ3n) is 21.7. The molecule has 21 rings (SSSR count). The van der Waals surface area contributed by atoms with E-state index in [0.717, 1.165) is 111 Å². The number of benzene rings is 15. The molecule has 0 amide bonds. The van der Waals surface area contributed by atoms with Gasteiger partial charge in [0.25, 0.3) is 0 Å². The van der Waals surface area contributed by atoms with Crippen molar-refractivity contribution in [1.29, 1.82) is 0 Å². The Hall–Kier alpha value is -12.9. The minimum atomic E-state index is 0.869. The minimum Gasteiger partial charge on any atom is -0.453 e. The number of hydrogen-bond donors (Lipinski definition) is 0. The molecular formula is C94H62N4O2. The molecule has 0 saturated heterocycles. The van der Waals surface area contributed by atoms with Gasteiger partial charge in [-0.2, -0.15) is 0 Å². The van der Waals surface area contributed by atoms with Crippen LogP contribution in [0.25, 0.3) is 165 Å². The maximum atomic E-state index is 7.15. The van der Waals surface area contributed by atoms with Crippen molar-refractivity contribution in [3.8, 4) is 44.5 Å². The van der Waals surface area contributed by atoms with Crippen LogP contribution in [0.4, 0.5) is 34.1 Å². The van der Waals surface area contributed by atoms with Gasteiger partial charge in [0, 0.05) is 98.5 Å². The summed E-state index contributed by atoms with van der Waals surface area (Å²) in [7, 11) is 0. The molecular weight excluding hydrogens is 1220 g/mol. The first-order valence-electron chi connectivity index (χ1n) is 34.6. The van der Waals surface area contributed by atoms with Crippen LogP contribution in [0, 0.1) is 27.7 Å². The Morgan fingerprint density at radius 3 is 1.00 bits per heavy atom. The lowest BCUT2D eigenvalue weighted by Gasteiger charge is -2.27. The number of fused-ring (bicyclic) bond motifs is 18. The zero-order chi connectivity index (χ0) is 66.2. The number of rotatable bonds is 10. The Labute approximate surface area is 575 Å². The van der Waals surface area contributed by atoms with E-state index in [0.29, 0.717) is 0 Å². The Morgan fingerprint density at radius 1 is 0.230 bits per heavy atom. The van der Waals surface area contributed by atoms with Crippen LogP contribution in [0.2, 0.25) is 0 Å². The molecule has 15 aromatic carbocycles. The molecule has 0 bridgehead atoms. The van der Waals surface area contributed by atoms with E-state index >= 15 is 0 Å². The maximum absolute atomic E-state index is 7.15. The van der Waals surface area contributed by atoms with Gasteiger partial charge in [0.15, 0.2) is 11.2 Å². The van der Waals surface area contributed by atoms with Crippen LogP contribution in [-0.4, -0.2) is 8.80 Å². The van der Waals surface area contributed by atoms with E-state index < -0.39 is 0 Å². The lowest BCUT2D eigenvalue weighted by molar-refractivity contribution is 0.669. The standard InChI is InChI=1S/C94H62N4O2/c1-55-21-11-13-27-65(55)71-33-17-35-73-75-51-41-57(3)87(93(75)99-91(71)73)95(61-23-7-5-8-24-61)63-47-43-59(44-48-63)67-29-19-39-81-85(67)77-37-15-31-69-79-54-84-80(53-83(79)97(81)89(69)77)70-32-16-38-78-86-68(30-20-40-82(86)98(84)90(70)78)60-45-49-64(50-46-60)96(62-25-9-6-10-26-62)88-58(4)42-52-76-74-36-18-34-72(92(74)100-94(76)88)66-28-14-12-22-56(66)2/h5-54H,1-4H3. The molecule has 6 heterocycles. The molecule has 6 nitrogen and oxygen atoms in total. The van der Waals surface area contributed by atoms with Crippen molar-refractivity contribution in [2.75, 3.05) is 9.80 Å². The zero-order valence-electron chi connectivity index (χ0n) is 55.5. The molecule has 470 valence electrons. The number of hydrogen-bond acceptors (Lipinski definition) is 4. The molecule has 6 heteroatoms. The average molecular weight is 1280 g/mol. The molecule has 0 radical (unpaired) electrons. The summed E-state index contributed by atoms with van der Waals surface area (Å²) >= 11 is 0. The molecule has 6 aromatic heterocycles. The van der Waals surface area contributed by atoms with Gasteiger partial charge in [0.1, 0.15) is 11.2 Å². The topological polar surface area (TPSA) is 41.6 Å². The molecule has 0 aliphatic carbocycles. The maximum Gasteiger partial charge on any atom is 0.159 e. The summed E-state index contributed by atoms with van der Waals surface area (Å²) in [6.07, 6.45) is 0. The van der Waals surface area contributed by atoms with Crippen molar-refractivity contribution in [3.63, 3.8) is 0 Å². The fourth-order valence-electron chi connectivity index (χ4n) is 17.2. The van der Waals surface area contributed by atoms with Gasteiger partial charge in [-0.25, -0.2) is 0 Å². The van der Waals surface area contributed by atoms with Crippen molar-refractivity contribution in [3.05, 3.63) is 326 Å². The average Bonchev–Trinajstić information content (AvgIpc) is 1.52. The third-order valence-corrected chi connectivity index (χ3v) is 21.7. The first kappa shape index (κ1) is 56.3. The predicted octanol–water partition coefficient (Wildman–Crippen LogP) is 26.6. The fraction of sp³-hybridized carbons (Fsp3) is 0.0426. The van der Waals surface area contributed by atoms with Crippen LogP contribution in [-0.2, 0) is 0 Å². The van der Waals surface area contributed by atoms with E-state index in [2.05, 4.69) is 350 Å². The van der Waals surface area contributed by atoms with Crippen molar-refractivity contribution < 1.29 is 8.83 Å². The van der Waals surface area contributed by atoms with Crippen LogP contribution >= 0.6 is 0 Å². The van der Waals surface area contributed by atoms with Crippen LogP contribution in [0.3, 0.4) is 0 Å². The van der Waals surface area contributed by atoms with Crippen molar-refractivity contribution >= 4 is 154 Å². The number of aromatic nitrogens is 2. The predicted molar refractivity (Wildman–Crippen MR) is 420 cm³/mol. The number of anilines is 6.